The molecule has 0 aliphatic carbocycles. The van der Waals surface area contributed by atoms with Crippen LogP contribution < -0.4 is 16.4 Å². The van der Waals surface area contributed by atoms with Gasteiger partial charge in [0.1, 0.15) is 5.82 Å². The van der Waals surface area contributed by atoms with Crippen LogP contribution in [0.4, 0.5) is 11.5 Å². The highest BCUT2D eigenvalue weighted by Gasteiger charge is 2.02. The van der Waals surface area contributed by atoms with Crippen molar-refractivity contribution < 1.29 is 4.79 Å². The van der Waals surface area contributed by atoms with Crippen molar-refractivity contribution in [1.82, 2.24) is 10.3 Å². The molecule has 0 aliphatic heterocycles. The van der Waals surface area contributed by atoms with Crippen molar-refractivity contribution in [2.24, 2.45) is 0 Å². The number of carbonyl (C=O) groups is 1. The maximum absolute atomic E-state index is 11.2. The van der Waals surface area contributed by atoms with Gasteiger partial charge in [-0.25, -0.2) is 4.98 Å². The van der Waals surface area contributed by atoms with Gasteiger partial charge in [0.15, 0.2) is 0 Å². The number of nitrogens with two attached hydrogens (primary N) is 1. The number of aromatic nitrogens is 1. The van der Waals surface area contributed by atoms with Crippen molar-refractivity contribution >= 4 is 17.4 Å². The molecule has 0 radical (unpaired) electrons. The molecule has 5 heteroatoms. The molecule has 1 aromatic heterocycles. The molecular weight excluding hydrogens is 216 g/mol. The fourth-order valence-corrected chi connectivity index (χ4v) is 1.41. The molecule has 0 aliphatic rings. The molecule has 17 heavy (non-hydrogen) atoms. The molecule has 1 amide bonds. The van der Waals surface area contributed by atoms with E-state index in [9.17, 15) is 4.79 Å². The van der Waals surface area contributed by atoms with Gasteiger partial charge in [0.05, 0.1) is 5.69 Å². The molecule has 0 bridgehead atoms. The van der Waals surface area contributed by atoms with E-state index in [1.54, 1.807) is 6.20 Å². The van der Waals surface area contributed by atoms with Crippen LogP contribution in [0.5, 0.6) is 0 Å². The summed E-state index contributed by atoms with van der Waals surface area (Å²) >= 11 is 0. The molecule has 1 aromatic rings. The lowest BCUT2D eigenvalue weighted by molar-refractivity contribution is -0.121. The summed E-state index contributed by atoms with van der Waals surface area (Å²) in [6.45, 7) is 5.12. The highest BCUT2D eigenvalue weighted by atomic mass is 16.1. The molecule has 1 heterocycles. The molecule has 0 spiro atoms. The van der Waals surface area contributed by atoms with E-state index >= 15 is 0 Å². The molecule has 0 atom stereocenters. The minimum Gasteiger partial charge on any atom is -0.396 e. The van der Waals surface area contributed by atoms with Crippen LogP contribution >= 0.6 is 0 Å². The minimum absolute atomic E-state index is 0.0828. The Labute approximate surface area is 102 Å². The molecule has 0 saturated carbocycles. The van der Waals surface area contributed by atoms with Gasteiger partial charge in [-0.15, -0.1) is 0 Å². The predicted molar refractivity (Wildman–Crippen MR) is 69.8 cm³/mol. The highest BCUT2D eigenvalue weighted by Crippen LogP contribution is 2.17. The number of nitrogens with zero attached hydrogens (tertiary/aromatic N) is 1. The van der Waals surface area contributed by atoms with Crippen LogP contribution in [0, 0.1) is 6.92 Å². The highest BCUT2D eigenvalue weighted by molar-refractivity contribution is 5.75. The number of carbonyl (C=O) groups excluding carboxylic acids is 1. The van der Waals surface area contributed by atoms with Crippen LogP contribution in [-0.2, 0) is 4.79 Å². The summed E-state index contributed by atoms with van der Waals surface area (Å²) in [5, 5.41) is 5.92. The average Bonchev–Trinajstić information content (AvgIpc) is 2.30. The van der Waals surface area contributed by atoms with E-state index in [0.717, 1.165) is 12.0 Å². The summed E-state index contributed by atoms with van der Waals surface area (Å²) in [7, 11) is 0. The van der Waals surface area contributed by atoms with Crippen LogP contribution in [0.3, 0.4) is 0 Å². The zero-order valence-electron chi connectivity index (χ0n) is 10.4. The molecular formula is C12H20N4O. The number of amides is 1. The fraction of sp³-hybridized carbons (Fsp3) is 0.500. The molecule has 0 unspecified atom stereocenters. The van der Waals surface area contributed by atoms with Crippen molar-refractivity contribution in [3.8, 4) is 0 Å². The number of aryl methyl sites for hydroxylation is 1. The molecule has 1 rings (SSSR count). The van der Waals surface area contributed by atoms with Gasteiger partial charge in [-0.2, -0.15) is 0 Å². The fourth-order valence-electron chi connectivity index (χ4n) is 1.41. The minimum atomic E-state index is 0.0828. The second kappa shape index (κ2) is 6.73. The Bertz CT molecular complexity index is 379. The van der Waals surface area contributed by atoms with Gasteiger partial charge >= 0.3 is 0 Å². The largest absolute Gasteiger partial charge is 0.396 e. The van der Waals surface area contributed by atoms with Crippen molar-refractivity contribution in [3.05, 3.63) is 17.8 Å². The summed E-state index contributed by atoms with van der Waals surface area (Å²) < 4.78 is 0. The second-order valence-corrected chi connectivity index (χ2v) is 3.92. The summed E-state index contributed by atoms with van der Waals surface area (Å²) in [6.07, 6.45) is 3.15. The first-order chi connectivity index (χ1) is 8.15. The first kappa shape index (κ1) is 13.3. The number of hydrogen-bond donors (Lipinski definition) is 3. The Morgan fingerprint density at radius 2 is 2.24 bits per heavy atom. The normalized spacial score (nSPS) is 10.0. The summed E-state index contributed by atoms with van der Waals surface area (Å²) in [5.41, 5.74) is 7.52. The monoisotopic (exact) mass is 236 g/mol. The molecule has 5 nitrogen and oxygen atoms in total. The van der Waals surface area contributed by atoms with Crippen LogP contribution in [-0.4, -0.2) is 24.0 Å². The van der Waals surface area contributed by atoms with Gasteiger partial charge in [0.2, 0.25) is 5.91 Å². The molecule has 0 saturated heterocycles. The van der Waals surface area contributed by atoms with E-state index < -0.39 is 0 Å². The van der Waals surface area contributed by atoms with Gasteiger partial charge in [0.25, 0.3) is 0 Å². The zero-order chi connectivity index (χ0) is 12.7. The standard InChI is InChI=1S/C12H20N4O/c1-3-4-10(17)14-7-8-16-12-11(13)9(2)5-6-15-12/h5-6H,3-4,7-8,13H2,1-2H3,(H,14,17)(H,15,16). The van der Waals surface area contributed by atoms with Crippen molar-refractivity contribution in [1.29, 1.82) is 0 Å². The average molecular weight is 236 g/mol. The Hall–Kier alpha value is -1.78. The number of anilines is 2. The van der Waals surface area contributed by atoms with Crippen molar-refractivity contribution in [3.63, 3.8) is 0 Å². The lowest BCUT2D eigenvalue weighted by Gasteiger charge is -2.10. The lowest BCUT2D eigenvalue weighted by atomic mass is 10.2. The Balaban J connectivity index is 2.31. The van der Waals surface area contributed by atoms with Gasteiger partial charge in [0, 0.05) is 25.7 Å². The van der Waals surface area contributed by atoms with Crippen LogP contribution in [0.25, 0.3) is 0 Å². The first-order valence-corrected chi connectivity index (χ1v) is 5.86. The van der Waals surface area contributed by atoms with Gasteiger partial charge in [-0.05, 0) is 25.0 Å². The summed E-state index contributed by atoms with van der Waals surface area (Å²) in [6, 6.07) is 1.86. The summed E-state index contributed by atoms with van der Waals surface area (Å²) in [4.78, 5) is 15.3. The maximum atomic E-state index is 11.2. The van der Waals surface area contributed by atoms with Gasteiger partial charge in [-0.3, -0.25) is 4.79 Å². The van der Waals surface area contributed by atoms with Crippen LogP contribution in [0.1, 0.15) is 25.3 Å². The van der Waals surface area contributed by atoms with Gasteiger partial charge < -0.3 is 16.4 Å². The van der Waals surface area contributed by atoms with E-state index in [2.05, 4.69) is 15.6 Å². The Morgan fingerprint density at radius 3 is 2.94 bits per heavy atom. The molecule has 94 valence electrons. The van der Waals surface area contributed by atoms with Crippen molar-refractivity contribution in [2.45, 2.75) is 26.7 Å². The second-order valence-electron chi connectivity index (χ2n) is 3.92. The van der Waals surface area contributed by atoms with Gasteiger partial charge in [-0.1, -0.05) is 6.92 Å². The molecule has 0 fully saturated rings. The first-order valence-electron chi connectivity index (χ1n) is 5.86. The maximum Gasteiger partial charge on any atom is 0.220 e. The van der Waals surface area contributed by atoms with Crippen LogP contribution in [0.2, 0.25) is 0 Å². The third-order valence-corrected chi connectivity index (χ3v) is 2.42. The number of rotatable bonds is 6. The van der Waals surface area contributed by atoms with E-state index in [-0.39, 0.29) is 5.91 Å². The third-order valence-electron chi connectivity index (χ3n) is 2.42. The lowest BCUT2D eigenvalue weighted by Crippen LogP contribution is -2.28. The number of hydrogen-bond acceptors (Lipinski definition) is 4. The van der Waals surface area contributed by atoms with E-state index in [1.807, 2.05) is 19.9 Å². The molecule has 4 N–H and O–H groups in total. The van der Waals surface area contributed by atoms with Crippen molar-refractivity contribution in [2.75, 3.05) is 24.1 Å². The molecule has 0 aromatic carbocycles. The number of pyridine rings is 1. The SMILES string of the molecule is CCCC(=O)NCCNc1nccc(C)c1N. The Morgan fingerprint density at radius 1 is 1.47 bits per heavy atom. The predicted octanol–water partition coefficient (Wildman–Crippen LogP) is 1.30. The Kier molecular flexibility index (Phi) is 5.26. The number of nitrogens with one attached hydrogen (secondary N) is 2. The van der Waals surface area contributed by atoms with E-state index in [1.165, 1.54) is 0 Å². The summed E-state index contributed by atoms with van der Waals surface area (Å²) in [5.74, 6) is 0.759. The van der Waals surface area contributed by atoms with E-state index in [0.29, 0.717) is 31.0 Å². The smallest absolute Gasteiger partial charge is 0.220 e. The van der Waals surface area contributed by atoms with Crippen LogP contribution in [0.15, 0.2) is 12.3 Å². The number of nitrogen functional groups attached to an aromatic ring is 1. The zero-order valence-corrected chi connectivity index (χ0v) is 10.4. The third kappa shape index (κ3) is 4.30. The quantitative estimate of drug-likeness (QED) is 0.650. The topological polar surface area (TPSA) is 80.0 Å². The van der Waals surface area contributed by atoms with E-state index in [4.69, 9.17) is 5.73 Å².